The lowest BCUT2D eigenvalue weighted by molar-refractivity contribution is -0.384. The quantitative estimate of drug-likeness (QED) is 0.170. The summed E-state index contributed by atoms with van der Waals surface area (Å²) in [7, 11) is 1.14. The number of carbonyl (C=O) groups excluding carboxylic acids is 2. The number of carbonyl (C=O) groups is 2. The number of aryl methyl sites for hydroxylation is 2. The molecule has 0 unspecified atom stereocenters. The standard InChI is InChI=1S/C25H21F3N2O7/c1-14-20(23(31)35-3)22(16-6-4-8-18(12-16)30(33)34)21(15(2)29-14)24(32)37-11-10-36-19-9-5-7-17(13-19)25(26,27)28/h4-9,12-13H,10-11H2,1-3H3. The molecule has 9 nitrogen and oxygen atoms in total. The van der Waals surface area contributed by atoms with Crippen LogP contribution in [-0.4, -0.2) is 42.2 Å². The molecule has 12 heteroatoms. The number of non-ortho nitro benzene ring substituents is 1. The largest absolute Gasteiger partial charge is 0.490 e. The number of benzene rings is 2. The summed E-state index contributed by atoms with van der Waals surface area (Å²) in [6.45, 7) is 2.43. The van der Waals surface area contributed by atoms with Gasteiger partial charge >= 0.3 is 18.1 Å². The molecule has 0 amide bonds. The summed E-state index contributed by atoms with van der Waals surface area (Å²) >= 11 is 0. The summed E-state index contributed by atoms with van der Waals surface area (Å²) in [4.78, 5) is 40.6. The number of aromatic nitrogens is 1. The number of esters is 2. The molecule has 3 rings (SSSR count). The van der Waals surface area contributed by atoms with E-state index in [1.165, 1.54) is 50.2 Å². The van der Waals surface area contributed by atoms with Crippen LogP contribution in [-0.2, 0) is 15.7 Å². The first-order valence-corrected chi connectivity index (χ1v) is 10.8. The van der Waals surface area contributed by atoms with Crippen LogP contribution in [0.4, 0.5) is 18.9 Å². The molecule has 1 heterocycles. The highest BCUT2D eigenvalue weighted by Crippen LogP contribution is 2.34. The van der Waals surface area contributed by atoms with Gasteiger partial charge in [0.15, 0.2) is 0 Å². The van der Waals surface area contributed by atoms with E-state index in [-0.39, 0.29) is 58.3 Å². The van der Waals surface area contributed by atoms with Crippen molar-refractivity contribution in [3.05, 3.63) is 86.7 Å². The van der Waals surface area contributed by atoms with Gasteiger partial charge in [-0.1, -0.05) is 18.2 Å². The van der Waals surface area contributed by atoms with Crippen molar-refractivity contribution in [3.63, 3.8) is 0 Å². The third-order valence-corrected chi connectivity index (χ3v) is 5.24. The monoisotopic (exact) mass is 518 g/mol. The summed E-state index contributed by atoms with van der Waals surface area (Å²) in [5.41, 5.74) is -0.689. The highest BCUT2D eigenvalue weighted by molar-refractivity contribution is 6.07. The van der Waals surface area contributed by atoms with Crippen molar-refractivity contribution in [1.82, 2.24) is 4.98 Å². The van der Waals surface area contributed by atoms with Crippen LogP contribution in [0.1, 0.15) is 37.7 Å². The summed E-state index contributed by atoms with van der Waals surface area (Å²) in [5, 5.41) is 11.3. The second-order valence-corrected chi connectivity index (χ2v) is 7.72. The van der Waals surface area contributed by atoms with Gasteiger partial charge in [0.1, 0.15) is 19.0 Å². The van der Waals surface area contributed by atoms with Crippen LogP contribution in [0.2, 0.25) is 0 Å². The number of hydrogen-bond acceptors (Lipinski definition) is 8. The van der Waals surface area contributed by atoms with Gasteiger partial charge in [0, 0.05) is 17.7 Å². The fraction of sp³-hybridized carbons (Fsp3) is 0.240. The Balaban J connectivity index is 1.91. The van der Waals surface area contributed by atoms with Gasteiger partial charge in [-0.25, -0.2) is 9.59 Å². The van der Waals surface area contributed by atoms with Crippen LogP contribution in [0.15, 0.2) is 48.5 Å². The maximum Gasteiger partial charge on any atom is 0.416 e. The first-order valence-electron chi connectivity index (χ1n) is 10.8. The van der Waals surface area contributed by atoms with E-state index in [2.05, 4.69) is 4.98 Å². The van der Waals surface area contributed by atoms with E-state index in [1.54, 1.807) is 0 Å². The number of nitrogens with zero attached hydrogens (tertiary/aromatic N) is 2. The lowest BCUT2D eigenvalue weighted by Crippen LogP contribution is -2.18. The minimum absolute atomic E-state index is 0.0457. The Morgan fingerprint density at radius 3 is 2.24 bits per heavy atom. The summed E-state index contributed by atoms with van der Waals surface area (Å²) < 4.78 is 54.0. The molecule has 0 atom stereocenters. The van der Waals surface area contributed by atoms with Gasteiger partial charge in [-0.05, 0) is 37.6 Å². The first kappa shape index (κ1) is 27.1. The lowest BCUT2D eigenvalue weighted by atomic mass is 9.92. The summed E-state index contributed by atoms with van der Waals surface area (Å²) in [6.07, 6.45) is -4.54. The fourth-order valence-corrected chi connectivity index (χ4v) is 3.64. The molecule has 0 saturated carbocycles. The van der Waals surface area contributed by atoms with E-state index in [0.717, 1.165) is 19.2 Å². The van der Waals surface area contributed by atoms with Crippen LogP contribution < -0.4 is 4.74 Å². The number of rotatable bonds is 8. The topological polar surface area (TPSA) is 118 Å². The molecular weight excluding hydrogens is 497 g/mol. The van der Waals surface area contributed by atoms with Gasteiger partial charge in [-0.15, -0.1) is 0 Å². The molecule has 0 saturated heterocycles. The van der Waals surface area contributed by atoms with Crippen molar-refractivity contribution in [2.24, 2.45) is 0 Å². The zero-order valence-corrected chi connectivity index (χ0v) is 19.9. The third-order valence-electron chi connectivity index (χ3n) is 5.24. The molecule has 0 bridgehead atoms. The fourth-order valence-electron chi connectivity index (χ4n) is 3.64. The van der Waals surface area contributed by atoms with E-state index in [9.17, 15) is 32.9 Å². The third kappa shape index (κ3) is 6.21. The van der Waals surface area contributed by atoms with Crippen molar-refractivity contribution in [3.8, 4) is 16.9 Å². The number of pyridine rings is 1. The molecule has 0 radical (unpaired) electrons. The molecular formula is C25H21F3N2O7. The Kier molecular flexibility index (Phi) is 8.11. The van der Waals surface area contributed by atoms with Crippen molar-refractivity contribution >= 4 is 17.6 Å². The predicted octanol–water partition coefficient (Wildman–Crippen LogP) is 5.31. The molecule has 2 aromatic carbocycles. The zero-order valence-electron chi connectivity index (χ0n) is 19.9. The highest BCUT2D eigenvalue weighted by Gasteiger charge is 2.31. The maximum atomic E-state index is 13.1. The van der Waals surface area contributed by atoms with E-state index in [4.69, 9.17) is 14.2 Å². The van der Waals surface area contributed by atoms with Gasteiger partial charge in [0.05, 0.1) is 40.1 Å². The Labute approximate surface area is 208 Å². The zero-order chi connectivity index (χ0) is 27.3. The van der Waals surface area contributed by atoms with E-state index in [0.29, 0.717) is 0 Å². The minimum atomic E-state index is -4.54. The minimum Gasteiger partial charge on any atom is -0.490 e. The van der Waals surface area contributed by atoms with Crippen molar-refractivity contribution in [2.45, 2.75) is 20.0 Å². The molecule has 1 aromatic heterocycles. The average molecular weight is 518 g/mol. The van der Waals surface area contributed by atoms with Gasteiger partial charge < -0.3 is 14.2 Å². The number of alkyl halides is 3. The number of hydrogen-bond donors (Lipinski definition) is 0. The molecule has 0 fully saturated rings. The molecule has 0 spiro atoms. The number of methoxy groups -OCH3 is 1. The molecule has 0 N–H and O–H groups in total. The van der Waals surface area contributed by atoms with Crippen LogP contribution >= 0.6 is 0 Å². The number of halogens is 3. The normalized spacial score (nSPS) is 11.1. The SMILES string of the molecule is COC(=O)c1c(C)nc(C)c(C(=O)OCCOc2cccc(C(F)(F)F)c2)c1-c1cccc([N+](=O)[O-])c1. The first-order chi connectivity index (χ1) is 17.4. The van der Waals surface area contributed by atoms with Crippen molar-refractivity contribution in [1.29, 1.82) is 0 Å². The highest BCUT2D eigenvalue weighted by atomic mass is 19.4. The molecule has 37 heavy (non-hydrogen) atoms. The Morgan fingerprint density at radius 1 is 0.973 bits per heavy atom. The second kappa shape index (κ2) is 11.1. The average Bonchev–Trinajstić information content (AvgIpc) is 2.85. The van der Waals surface area contributed by atoms with Crippen LogP contribution in [0, 0.1) is 24.0 Å². The lowest BCUT2D eigenvalue weighted by Gasteiger charge is -2.17. The van der Waals surface area contributed by atoms with Gasteiger partial charge in [-0.3, -0.25) is 15.1 Å². The Morgan fingerprint density at radius 2 is 1.62 bits per heavy atom. The number of ether oxygens (including phenoxy) is 3. The van der Waals surface area contributed by atoms with Crippen molar-refractivity contribution in [2.75, 3.05) is 20.3 Å². The predicted molar refractivity (Wildman–Crippen MR) is 124 cm³/mol. The Hall–Kier alpha value is -4.48. The summed E-state index contributed by atoms with van der Waals surface area (Å²) in [5.74, 6) is -1.79. The summed E-state index contributed by atoms with van der Waals surface area (Å²) in [6, 6.07) is 9.57. The van der Waals surface area contributed by atoms with Gasteiger partial charge in [-0.2, -0.15) is 13.2 Å². The molecule has 0 aliphatic rings. The van der Waals surface area contributed by atoms with E-state index in [1.807, 2.05) is 0 Å². The molecule has 194 valence electrons. The van der Waals surface area contributed by atoms with Gasteiger partial charge in [0.2, 0.25) is 0 Å². The van der Waals surface area contributed by atoms with Crippen LogP contribution in [0.5, 0.6) is 5.75 Å². The Bertz CT molecular complexity index is 1360. The maximum absolute atomic E-state index is 13.1. The van der Waals surface area contributed by atoms with E-state index >= 15 is 0 Å². The molecule has 3 aromatic rings. The number of nitro groups is 1. The second-order valence-electron chi connectivity index (χ2n) is 7.72. The number of nitro benzene ring substituents is 1. The molecule has 0 aliphatic carbocycles. The van der Waals surface area contributed by atoms with Gasteiger partial charge in [0.25, 0.3) is 5.69 Å². The van der Waals surface area contributed by atoms with Crippen LogP contribution in [0.3, 0.4) is 0 Å². The van der Waals surface area contributed by atoms with E-state index < -0.39 is 28.6 Å². The molecule has 0 aliphatic heterocycles. The smallest absolute Gasteiger partial charge is 0.416 e. The van der Waals surface area contributed by atoms with Crippen LogP contribution in [0.25, 0.3) is 11.1 Å². The van der Waals surface area contributed by atoms with Crippen molar-refractivity contribution < 1.29 is 41.9 Å².